The summed E-state index contributed by atoms with van der Waals surface area (Å²) in [6, 6.07) is 5.94. The number of allylic oxidation sites excluding steroid dienone is 2. The molecule has 0 fully saturated rings. The molecule has 3 aromatic rings. The van der Waals surface area contributed by atoms with Gasteiger partial charge in [-0.05, 0) is 47.2 Å². The summed E-state index contributed by atoms with van der Waals surface area (Å²) in [6.45, 7) is 6.40. The number of hydrogen-bond donors (Lipinski definition) is 1. The Morgan fingerprint density at radius 3 is 2.78 bits per heavy atom. The summed E-state index contributed by atoms with van der Waals surface area (Å²) in [6.07, 6.45) is 1.41. The summed E-state index contributed by atoms with van der Waals surface area (Å²) < 4.78 is 1.91. The van der Waals surface area contributed by atoms with Gasteiger partial charge in [-0.3, -0.25) is 4.79 Å². The molecule has 1 aliphatic carbocycles. The SMILES string of the molecule is Cc1ccsc1C1C2=C(CC(C)(C)CC2=O)Nc2nc(-c3cccs3)nn21. The van der Waals surface area contributed by atoms with E-state index in [1.807, 2.05) is 22.2 Å². The molecule has 0 radical (unpaired) electrons. The first-order valence-corrected chi connectivity index (χ1v) is 10.8. The molecule has 0 spiro atoms. The number of Topliss-reactive ketones (excluding diaryl/α,β-unsaturated/α-hetero) is 1. The molecule has 0 saturated carbocycles. The highest BCUT2D eigenvalue weighted by atomic mass is 32.1. The van der Waals surface area contributed by atoms with Gasteiger partial charge in [0.2, 0.25) is 5.95 Å². The molecule has 5 nitrogen and oxygen atoms in total. The van der Waals surface area contributed by atoms with Gasteiger partial charge in [0, 0.05) is 22.6 Å². The highest BCUT2D eigenvalue weighted by molar-refractivity contribution is 7.13. The van der Waals surface area contributed by atoms with Crippen molar-refractivity contribution in [3.63, 3.8) is 0 Å². The first-order valence-electron chi connectivity index (χ1n) is 9.01. The monoisotopic (exact) mass is 396 g/mol. The first kappa shape index (κ1) is 16.9. The van der Waals surface area contributed by atoms with Gasteiger partial charge in [0.1, 0.15) is 6.04 Å². The maximum Gasteiger partial charge on any atom is 0.226 e. The Balaban J connectivity index is 1.71. The third-order valence-corrected chi connectivity index (χ3v) is 7.16. The van der Waals surface area contributed by atoms with Crippen LogP contribution in [0.5, 0.6) is 0 Å². The lowest BCUT2D eigenvalue weighted by atomic mass is 9.73. The van der Waals surface area contributed by atoms with Crippen molar-refractivity contribution in [2.24, 2.45) is 5.41 Å². The number of aryl methyl sites for hydroxylation is 1. The molecule has 2 aliphatic rings. The number of ketones is 1. The average Bonchev–Trinajstić information content (AvgIpc) is 3.31. The summed E-state index contributed by atoms with van der Waals surface area (Å²) in [5.41, 5.74) is 3.01. The fraction of sp³-hybridized carbons (Fsp3) is 0.350. The van der Waals surface area contributed by atoms with E-state index in [0.717, 1.165) is 28.5 Å². The van der Waals surface area contributed by atoms with E-state index in [2.05, 4.69) is 37.5 Å². The number of carbonyl (C=O) groups is 1. The van der Waals surface area contributed by atoms with Crippen LogP contribution in [-0.4, -0.2) is 20.5 Å². The third-order valence-electron chi connectivity index (χ3n) is 5.22. The lowest BCUT2D eigenvalue weighted by Gasteiger charge is -2.38. The van der Waals surface area contributed by atoms with Crippen LogP contribution in [0.25, 0.3) is 10.7 Å². The van der Waals surface area contributed by atoms with Gasteiger partial charge in [0.05, 0.1) is 4.88 Å². The van der Waals surface area contributed by atoms with Gasteiger partial charge >= 0.3 is 0 Å². The van der Waals surface area contributed by atoms with Crippen LogP contribution in [0.15, 0.2) is 40.2 Å². The molecule has 0 amide bonds. The smallest absolute Gasteiger partial charge is 0.226 e. The highest BCUT2D eigenvalue weighted by Gasteiger charge is 2.42. The maximum atomic E-state index is 13.2. The van der Waals surface area contributed by atoms with Crippen molar-refractivity contribution >= 4 is 34.4 Å². The minimum Gasteiger partial charge on any atom is -0.328 e. The number of thiophene rings is 2. The molecule has 1 N–H and O–H groups in total. The zero-order chi connectivity index (χ0) is 18.8. The Labute approximate surface area is 165 Å². The Morgan fingerprint density at radius 2 is 2.07 bits per heavy atom. The molecule has 0 bridgehead atoms. The van der Waals surface area contributed by atoms with E-state index >= 15 is 0 Å². The number of nitrogens with zero attached hydrogens (tertiary/aromatic N) is 3. The number of nitrogens with one attached hydrogen (secondary N) is 1. The van der Waals surface area contributed by atoms with Gasteiger partial charge in [-0.1, -0.05) is 19.9 Å². The summed E-state index contributed by atoms with van der Waals surface area (Å²) in [7, 11) is 0. The zero-order valence-corrected chi connectivity index (χ0v) is 17.1. The van der Waals surface area contributed by atoms with Crippen molar-refractivity contribution < 1.29 is 4.79 Å². The molecule has 4 heterocycles. The topological polar surface area (TPSA) is 59.8 Å². The van der Waals surface area contributed by atoms with E-state index in [9.17, 15) is 4.79 Å². The third kappa shape index (κ3) is 2.68. The number of hydrogen-bond acceptors (Lipinski definition) is 6. The number of aromatic nitrogens is 3. The van der Waals surface area contributed by atoms with E-state index < -0.39 is 0 Å². The quantitative estimate of drug-likeness (QED) is 0.660. The van der Waals surface area contributed by atoms with Gasteiger partial charge in [-0.2, -0.15) is 4.98 Å². The van der Waals surface area contributed by atoms with Crippen LogP contribution >= 0.6 is 22.7 Å². The van der Waals surface area contributed by atoms with Crippen LogP contribution in [0.4, 0.5) is 5.95 Å². The van der Waals surface area contributed by atoms with Crippen molar-refractivity contribution in [1.29, 1.82) is 0 Å². The van der Waals surface area contributed by atoms with Crippen LogP contribution in [-0.2, 0) is 4.79 Å². The van der Waals surface area contributed by atoms with Crippen molar-refractivity contribution in [3.05, 3.63) is 50.7 Å². The lowest BCUT2D eigenvalue weighted by Crippen LogP contribution is -2.36. The molecule has 3 aromatic heterocycles. The summed E-state index contributed by atoms with van der Waals surface area (Å²) in [4.78, 5) is 20.1. The molecule has 1 unspecified atom stereocenters. The Kier molecular flexibility index (Phi) is 3.67. The highest BCUT2D eigenvalue weighted by Crippen LogP contribution is 2.47. The average molecular weight is 397 g/mol. The van der Waals surface area contributed by atoms with E-state index in [-0.39, 0.29) is 17.2 Å². The Morgan fingerprint density at radius 1 is 1.22 bits per heavy atom. The molecule has 138 valence electrons. The minimum atomic E-state index is -0.193. The summed E-state index contributed by atoms with van der Waals surface area (Å²) in [5.74, 6) is 1.64. The number of fused-ring (bicyclic) bond motifs is 1. The minimum absolute atomic E-state index is 0.0449. The number of carbonyl (C=O) groups excluding carboxylic acids is 1. The van der Waals surface area contributed by atoms with Crippen molar-refractivity contribution in [2.75, 3.05) is 5.32 Å². The zero-order valence-electron chi connectivity index (χ0n) is 15.4. The second-order valence-corrected chi connectivity index (χ2v) is 9.90. The van der Waals surface area contributed by atoms with Crippen LogP contribution in [0, 0.1) is 12.3 Å². The van der Waals surface area contributed by atoms with Gasteiger partial charge in [0.15, 0.2) is 11.6 Å². The maximum absolute atomic E-state index is 13.2. The van der Waals surface area contributed by atoms with E-state index in [1.54, 1.807) is 22.7 Å². The van der Waals surface area contributed by atoms with Crippen LogP contribution in [0.3, 0.4) is 0 Å². The van der Waals surface area contributed by atoms with Crippen molar-refractivity contribution in [2.45, 2.75) is 39.7 Å². The normalized spacial score (nSPS) is 21.0. The second kappa shape index (κ2) is 5.87. The lowest BCUT2D eigenvalue weighted by molar-refractivity contribution is -0.118. The molecule has 0 saturated heterocycles. The molecular weight excluding hydrogens is 376 g/mol. The molecule has 1 aliphatic heterocycles. The first-order chi connectivity index (χ1) is 12.9. The number of anilines is 1. The number of rotatable bonds is 2. The molecular formula is C20H20N4OS2. The van der Waals surface area contributed by atoms with Gasteiger partial charge in [-0.25, -0.2) is 4.68 Å². The Bertz CT molecular complexity index is 1070. The van der Waals surface area contributed by atoms with Crippen molar-refractivity contribution in [1.82, 2.24) is 14.8 Å². The largest absolute Gasteiger partial charge is 0.328 e. The van der Waals surface area contributed by atoms with E-state index in [4.69, 9.17) is 10.1 Å². The van der Waals surface area contributed by atoms with E-state index in [1.165, 1.54) is 10.4 Å². The predicted octanol–water partition coefficient (Wildman–Crippen LogP) is 5.03. The fourth-order valence-corrected chi connectivity index (χ4v) is 5.70. The summed E-state index contributed by atoms with van der Waals surface area (Å²) >= 11 is 3.31. The predicted molar refractivity (Wildman–Crippen MR) is 109 cm³/mol. The van der Waals surface area contributed by atoms with Crippen LogP contribution in [0.2, 0.25) is 0 Å². The van der Waals surface area contributed by atoms with Gasteiger partial charge < -0.3 is 5.32 Å². The second-order valence-electron chi connectivity index (χ2n) is 8.01. The molecule has 7 heteroatoms. The molecule has 27 heavy (non-hydrogen) atoms. The van der Waals surface area contributed by atoms with Gasteiger partial charge in [-0.15, -0.1) is 27.8 Å². The molecule has 1 atom stereocenters. The van der Waals surface area contributed by atoms with Crippen molar-refractivity contribution in [3.8, 4) is 10.7 Å². The standard InChI is InChI=1S/C20H20N4OS2/c1-11-6-8-27-17(11)16-15-12(9-20(2,3)10-13(15)25)21-19-22-18(23-24(16)19)14-5-4-7-26-14/h4-8,16H,9-10H2,1-3H3,(H,21,22,23). The molecule has 5 rings (SSSR count). The van der Waals surface area contributed by atoms with Gasteiger partial charge in [0.25, 0.3) is 0 Å². The van der Waals surface area contributed by atoms with Crippen LogP contribution in [0.1, 0.15) is 43.2 Å². The fourth-order valence-electron chi connectivity index (χ4n) is 4.03. The van der Waals surface area contributed by atoms with Crippen LogP contribution < -0.4 is 5.32 Å². The summed E-state index contributed by atoms with van der Waals surface area (Å²) in [5, 5.41) is 12.4. The van der Waals surface area contributed by atoms with E-state index in [0.29, 0.717) is 12.2 Å². The Hall–Kier alpha value is -2.25. The molecule has 0 aromatic carbocycles.